The molecule has 1 saturated heterocycles. The first-order valence-corrected chi connectivity index (χ1v) is 9.54. The van der Waals surface area contributed by atoms with Crippen LogP contribution in [0.2, 0.25) is 0 Å². The van der Waals surface area contributed by atoms with Gasteiger partial charge in [-0.2, -0.15) is 13.2 Å². The number of nitrogens with one attached hydrogen (secondary N) is 2. The minimum absolute atomic E-state index is 0.0680. The molecule has 2 amide bonds. The lowest BCUT2D eigenvalue weighted by Crippen LogP contribution is -2.41. The average molecular weight is 420 g/mol. The van der Waals surface area contributed by atoms with Crippen molar-refractivity contribution in [1.29, 1.82) is 0 Å². The van der Waals surface area contributed by atoms with E-state index in [1.807, 2.05) is 52.0 Å². The zero-order chi connectivity index (χ0) is 22.2. The lowest BCUT2D eigenvalue weighted by atomic mass is 9.79. The van der Waals surface area contributed by atoms with Gasteiger partial charge in [0.25, 0.3) is 0 Å². The van der Waals surface area contributed by atoms with Gasteiger partial charge in [0.1, 0.15) is 0 Å². The molecule has 0 saturated carbocycles. The second-order valence-electron chi connectivity index (χ2n) is 8.22. The van der Waals surface area contributed by atoms with E-state index in [1.165, 1.54) is 12.1 Å². The minimum atomic E-state index is -4.47. The zero-order valence-corrected chi connectivity index (χ0v) is 17.3. The maximum atomic E-state index is 12.8. The topological polar surface area (TPSA) is 59.6 Å². The fourth-order valence-corrected chi connectivity index (χ4v) is 2.90. The van der Waals surface area contributed by atoms with Gasteiger partial charge in [0.15, 0.2) is 0 Å². The Morgan fingerprint density at radius 1 is 1.00 bits per heavy atom. The van der Waals surface area contributed by atoms with Gasteiger partial charge in [-0.25, -0.2) is 4.79 Å². The van der Waals surface area contributed by atoms with Crippen molar-refractivity contribution in [2.24, 2.45) is 0 Å². The summed E-state index contributed by atoms with van der Waals surface area (Å²) in [6, 6.07) is 11.3. The third-order valence-electron chi connectivity index (χ3n) is 5.41. The zero-order valence-electron chi connectivity index (χ0n) is 17.3. The molecule has 0 aromatic heterocycles. The number of urea groups is 1. The van der Waals surface area contributed by atoms with Gasteiger partial charge in [-0.15, -0.1) is 0 Å². The smallest absolute Gasteiger partial charge is 0.399 e. The number of hydrogen-bond acceptors (Lipinski definition) is 3. The van der Waals surface area contributed by atoms with Crippen LogP contribution in [0.4, 0.5) is 23.7 Å². The number of rotatable bonds is 4. The van der Waals surface area contributed by atoms with Crippen LogP contribution in [0.1, 0.15) is 38.8 Å². The number of benzene rings is 2. The van der Waals surface area contributed by atoms with E-state index in [2.05, 4.69) is 10.6 Å². The third-order valence-corrected chi connectivity index (χ3v) is 5.41. The van der Waals surface area contributed by atoms with Crippen molar-refractivity contribution in [3.05, 3.63) is 59.7 Å². The maximum Gasteiger partial charge on any atom is 0.494 e. The minimum Gasteiger partial charge on any atom is -0.399 e. The number of hydrogen-bond donors (Lipinski definition) is 2. The second kappa shape index (κ2) is 7.96. The first kappa shape index (κ1) is 22.2. The van der Waals surface area contributed by atoms with E-state index in [1.54, 1.807) is 0 Å². The number of amides is 2. The molecule has 2 N–H and O–H groups in total. The molecule has 0 radical (unpaired) electrons. The molecular formula is C21H24BF3N2O3. The molecule has 5 nitrogen and oxygen atoms in total. The van der Waals surface area contributed by atoms with E-state index >= 15 is 0 Å². The molecule has 1 heterocycles. The largest absolute Gasteiger partial charge is 0.494 e. The Balaban J connectivity index is 1.55. The highest BCUT2D eigenvalue weighted by Gasteiger charge is 2.51. The maximum absolute atomic E-state index is 12.8. The number of halogens is 3. The summed E-state index contributed by atoms with van der Waals surface area (Å²) >= 11 is 0. The Morgan fingerprint density at radius 3 is 2.17 bits per heavy atom. The molecule has 2 aromatic carbocycles. The Hall–Kier alpha value is -2.52. The summed E-state index contributed by atoms with van der Waals surface area (Å²) in [7, 11) is -0.471. The molecule has 0 spiro atoms. The second-order valence-corrected chi connectivity index (χ2v) is 8.22. The van der Waals surface area contributed by atoms with E-state index in [0.29, 0.717) is 0 Å². The Kier molecular flexibility index (Phi) is 5.88. The number of anilines is 1. The highest BCUT2D eigenvalue weighted by molar-refractivity contribution is 6.62. The molecule has 9 heteroatoms. The van der Waals surface area contributed by atoms with Crippen LogP contribution < -0.4 is 16.1 Å². The van der Waals surface area contributed by atoms with E-state index < -0.39 is 36.1 Å². The Labute approximate surface area is 174 Å². The Bertz CT molecular complexity index is 898. The molecule has 2 aromatic rings. The van der Waals surface area contributed by atoms with Gasteiger partial charge in [-0.1, -0.05) is 30.3 Å². The van der Waals surface area contributed by atoms with E-state index in [9.17, 15) is 18.0 Å². The van der Waals surface area contributed by atoms with Crippen molar-refractivity contribution in [3.63, 3.8) is 0 Å². The molecule has 160 valence electrons. The van der Waals surface area contributed by atoms with Crippen LogP contribution in [0, 0.1) is 0 Å². The molecule has 1 aliphatic heterocycles. The van der Waals surface area contributed by atoms with Crippen LogP contribution in [0.25, 0.3) is 0 Å². The molecule has 30 heavy (non-hydrogen) atoms. The quantitative estimate of drug-likeness (QED) is 0.725. The lowest BCUT2D eigenvalue weighted by molar-refractivity contribution is -0.137. The standard InChI is InChI=1S/C21H24BF3N2O3/c1-19(2)20(3,4)30-22(29-19)16-10-8-14(9-11-16)13-26-18(28)27-17-7-5-6-15(12-17)21(23,24)25/h5-12H,13H2,1-4H3,(H2,26,27,28). The molecule has 0 bridgehead atoms. The molecule has 0 unspecified atom stereocenters. The van der Waals surface area contributed by atoms with Gasteiger partial charge in [0, 0.05) is 12.2 Å². The van der Waals surface area contributed by atoms with Crippen LogP contribution in [-0.2, 0) is 22.0 Å². The first-order chi connectivity index (χ1) is 13.9. The molecule has 0 atom stereocenters. The normalized spacial score (nSPS) is 17.6. The monoisotopic (exact) mass is 420 g/mol. The summed E-state index contributed by atoms with van der Waals surface area (Å²) in [6.07, 6.45) is -4.47. The number of carbonyl (C=O) groups is 1. The summed E-state index contributed by atoms with van der Waals surface area (Å²) in [4.78, 5) is 12.0. The van der Waals surface area contributed by atoms with Gasteiger partial charge in [0.05, 0.1) is 16.8 Å². The van der Waals surface area contributed by atoms with Crippen molar-refractivity contribution in [2.45, 2.75) is 51.6 Å². The van der Waals surface area contributed by atoms with Crippen LogP contribution in [0.15, 0.2) is 48.5 Å². The van der Waals surface area contributed by atoms with E-state index in [4.69, 9.17) is 9.31 Å². The lowest BCUT2D eigenvalue weighted by Gasteiger charge is -2.32. The summed E-state index contributed by atoms with van der Waals surface area (Å²) in [5.41, 5.74) is 0.0796. The van der Waals surface area contributed by atoms with Gasteiger partial charge in [-0.3, -0.25) is 0 Å². The fourth-order valence-electron chi connectivity index (χ4n) is 2.90. The number of carbonyl (C=O) groups excluding carboxylic acids is 1. The highest BCUT2D eigenvalue weighted by Crippen LogP contribution is 2.36. The van der Waals surface area contributed by atoms with Crippen molar-refractivity contribution < 1.29 is 27.3 Å². The van der Waals surface area contributed by atoms with Gasteiger partial charge >= 0.3 is 19.3 Å². The van der Waals surface area contributed by atoms with Crippen molar-refractivity contribution in [3.8, 4) is 0 Å². The molecule has 1 fully saturated rings. The Morgan fingerprint density at radius 2 is 1.60 bits per heavy atom. The van der Waals surface area contributed by atoms with Crippen LogP contribution in [-0.4, -0.2) is 24.4 Å². The summed E-state index contributed by atoms with van der Waals surface area (Å²) < 4.78 is 50.3. The molecule has 3 rings (SSSR count). The van der Waals surface area contributed by atoms with Gasteiger partial charge in [-0.05, 0) is 56.9 Å². The van der Waals surface area contributed by atoms with Gasteiger partial charge < -0.3 is 19.9 Å². The predicted molar refractivity (Wildman–Crippen MR) is 109 cm³/mol. The number of alkyl halides is 3. The summed E-state index contributed by atoms with van der Waals surface area (Å²) in [5, 5.41) is 5.04. The average Bonchev–Trinajstić information content (AvgIpc) is 2.87. The van der Waals surface area contributed by atoms with Gasteiger partial charge in [0.2, 0.25) is 0 Å². The summed E-state index contributed by atoms with van der Waals surface area (Å²) in [6.45, 7) is 8.14. The van der Waals surface area contributed by atoms with Crippen LogP contribution >= 0.6 is 0 Å². The van der Waals surface area contributed by atoms with Crippen LogP contribution in [0.3, 0.4) is 0 Å². The van der Waals surface area contributed by atoms with Crippen LogP contribution in [0.5, 0.6) is 0 Å². The highest BCUT2D eigenvalue weighted by atomic mass is 19.4. The molecular weight excluding hydrogens is 396 g/mol. The third kappa shape index (κ3) is 4.96. The molecule has 1 aliphatic rings. The SMILES string of the molecule is CC1(C)OB(c2ccc(CNC(=O)Nc3cccc(C(F)(F)F)c3)cc2)OC1(C)C. The fraction of sp³-hybridized carbons (Fsp3) is 0.381. The van der Waals surface area contributed by atoms with E-state index in [0.717, 1.165) is 23.2 Å². The summed E-state index contributed by atoms with van der Waals surface area (Å²) in [5.74, 6) is 0. The van der Waals surface area contributed by atoms with Crippen molar-refractivity contribution in [1.82, 2.24) is 5.32 Å². The molecule has 0 aliphatic carbocycles. The van der Waals surface area contributed by atoms with E-state index in [-0.39, 0.29) is 12.2 Å². The first-order valence-electron chi connectivity index (χ1n) is 9.54. The van der Waals surface area contributed by atoms with Crippen molar-refractivity contribution in [2.75, 3.05) is 5.32 Å². The predicted octanol–water partition coefficient (Wildman–Crippen LogP) is 4.33. The van der Waals surface area contributed by atoms with Crippen molar-refractivity contribution >= 4 is 24.3 Å².